The van der Waals surface area contributed by atoms with Crippen molar-refractivity contribution in [2.75, 3.05) is 35.2 Å². The first-order valence-electron chi connectivity index (χ1n) is 13.6. The molecule has 5 rings (SSSR count). The summed E-state index contributed by atoms with van der Waals surface area (Å²) in [5.41, 5.74) is 3.13. The molecule has 1 N–H and O–H groups in total. The Morgan fingerprint density at radius 2 is 1.76 bits per heavy atom. The van der Waals surface area contributed by atoms with Gasteiger partial charge in [0.15, 0.2) is 11.0 Å². The number of hydrogen-bond donors (Lipinski definition) is 1. The zero-order chi connectivity index (χ0) is 32.3. The van der Waals surface area contributed by atoms with E-state index < -0.39 is 12.4 Å². The van der Waals surface area contributed by atoms with Crippen LogP contribution in [-0.2, 0) is 9.63 Å². The highest BCUT2D eigenvalue weighted by atomic mass is 32.2. The molecule has 0 radical (unpaired) electrons. The molecular formula is C30H28F3N7O4S. The van der Waals surface area contributed by atoms with Crippen LogP contribution in [-0.4, -0.2) is 58.1 Å². The van der Waals surface area contributed by atoms with Crippen LogP contribution in [0.5, 0.6) is 5.75 Å². The van der Waals surface area contributed by atoms with E-state index >= 15 is 0 Å². The van der Waals surface area contributed by atoms with Crippen molar-refractivity contribution in [3.63, 3.8) is 0 Å². The average Bonchev–Trinajstić information content (AvgIpc) is 3.60. The third-order valence-corrected chi connectivity index (χ3v) is 7.54. The molecule has 0 bridgehead atoms. The number of hydrogen-bond acceptors (Lipinski definition) is 8. The number of carbonyl (C=O) groups excluding carboxylic acids is 2. The number of urea groups is 1. The van der Waals surface area contributed by atoms with Gasteiger partial charge in [0.25, 0.3) is 5.95 Å². The molecule has 1 saturated heterocycles. The Bertz CT molecular complexity index is 1720. The normalized spacial score (nSPS) is 14.4. The predicted molar refractivity (Wildman–Crippen MR) is 166 cm³/mol. The fraction of sp³-hybridized carbons (Fsp3) is 0.233. The van der Waals surface area contributed by atoms with Crippen molar-refractivity contribution in [3.8, 4) is 22.8 Å². The highest BCUT2D eigenvalue weighted by molar-refractivity contribution is 8.15. The largest absolute Gasteiger partial charge is 0.573 e. The van der Waals surface area contributed by atoms with Crippen molar-refractivity contribution < 1.29 is 32.3 Å². The molecule has 1 aliphatic rings. The molecule has 0 spiro atoms. The Kier molecular flexibility index (Phi) is 9.11. The molecule has 234 valence electrons. The summed E-state index contributed by atoms with van der Waals surface area (Å²) in [6.07, 6.45) is -4.81. The van der Waals surface area contributed by atoms with Gasteiger partial charge in [-0.25, -0.2) is 9.86 Å². The number of carbonyl (C=O) groups is 2. The number of anilines is 3. The Morgan fingerprint density at radius 3 is 2.40 bits per heavy atom. The van der Waals surface area contributed by atoms with E-state index in [1.165, 1.54) is 57.8 Å². The number of nitrogens with zero attached hydrogens (tertiary/aromatic N) is 6. The molecule has 1 aromatic heterocycles. The van der Waals surface area contributed by atoms with Gasteiger partial charge in [-0.1, -0.05) is 43.8 Å². The topological polar surface area (TPSA) is 114 Å². The number of nitrogens with one attached hydrogen (secondary N) is 1. The molecule has 1 aliphatic heterocycles. The Labute approximate surface area is 260 Å². The van der Waals surface area contributed by atoms with E-state index in [4.69, 9.17) is 4.84 Å². The molecule has 2 heterocycles. The lowest BCUT2D eigenvalue weighted by Gasteiger charge is -2.21. The summed E-state index contributed by atoms with van der Waals surface area (Å²) in [7, 11) is 3.03. The summed E-state index contributed by atoms with van der Waals surface area (Å²) in [6, 6.07) is 18.7. The molecule has 0 unspecified atom stereocenters. The van der Waals surface area contributed by atoms with E-state index in [-0.39, 0.29) is 29.3 Å². The zero-order valence-corrected chi connectivity index (χ0v) is 25.4. The van der Waals surface area contributed by atoms with Crippen molar-refractivity contribution in [1.29, 1.82) is 0 Å². The molecule has 45 heavy (non-hydrogen) atoms. The Hall–Kier alpha value is -4.89. The van der Waals surface area contributed by atoms with E-state index in [0.29, 0.717) is 33.6 Å². The van der Waals surface area contributed by atoms with Crippen LogP contribution in [0.4, 0.5) is 35.3 Å². The van der Waals surface area contributed by atoms with Crippen molar-refractivity contribution in [3.05, 3.63) is 78.4 Å². The van der Waals surface area contributed by atoms with Gasteiger partial charge in [0.05, 0.1) is 24.2 Å². The van der Waals surface area contributed by atoms with Crippen molar-refractivity contribution in [2.45, 2.75) is 26.1 Å². The van der Waals surface area contributed by atoms with Gasteiger partial charge < -0.3 is 10.1 Å². The molecule has 3 amide bonds. The van der Waals surface area contributed by atoms with E-state index in [1.807, 2.05) is 38.1 Å². The second-order valence-corrected chi connectivity index (χ2v) is 10.9. The van der Waals surface area contributed by atoms with Crippen molar-refractivity contribution in [1.82, 2.24) is 14.8 Å². The predicted octanol–water partition coefficient (Wildman–Crippen LogP) is 6.62. The second kappa shape index (κ2) is 13.0. The zero-order valence-electron chi connectivity index (χ0n) is 24.6. The van der Waals surface area contributed by atoms with Crippen LogP contribution in [0.25, 0.3) is 17.1 Å². The van der Waals surface area contributed by atoms with Gasteiger partial charge in [0.2, 0.25) is 5.91 Å². The van der Waals surface area contributed by atoms with Crippen molar-refractivity contribution in [2.24, 2.45) is 4.99 Å². The molecule has 1 fully saturated rings. The number of thioether (sulfide) groups is 1. The lowest BCUT2D eigenvalue weighted by molar-refractivity contribution is -0.274. The summed E-state index contributed by atoms with van der Waals surface area (Å²) >= 11 is 1.20. The van der Waals surface area contributed by atoms with Gasteiger partial charge in [0.1, 0.15) is 5.75 Å². The highest BCUT2D eigenvalue weighted by Crippen LogP contribution is 2.33. The molecule has 0 atom stereocenters. The summed E-state index contributed by atoms with van der Waals surface area (Å²) in [4.78, 5) is 41.1. The molecule has 0 aliphatic carbocycles. The number of alkyl halides is 3. The van der Waals surface area contributed by atoms with Gasteiger partial charge in [-0.05, 0) is 66.1 Å². The van der Waals surface area contributed by atoms with Crippen LogP contribution in [0.15, 0.2) is 77.8 Å². The fourth-order valence-electron chi connectivity index (χ4n) is 4.48. The summed E-state index contributed by atoms with van der Waals surface area (Å²) in [5.74, 6) is 0.375. The first kappa shape index (κ1) is 31.5. The van der Waals surface area contributed by atoms with Gasteiger partial charge in [-0.3, -0.25) is 14.5 Å². The average molecular weight is 640 g/mol. The number of aromatic nitrogens is 3. The van der Waals surface area contributed by atoms with E-state index in [1.54, 1.807) is 31.3 Å². The maximum Gasteiger partial charge on any atom is 0.573 e. The molecular weight excluding hydrogens is 611 g/mol. The lowest BCUT2D eigenvalue weighted by atomic mass is 10.0. The third-order valence-electron chi connectivity index (χ3n) is 6.62. The minimum Gasteiger partial charge on any atom is -0.406 e. The molecule has 3 aromatic carbocycles. The SMILES string of the molecule is CON(C)c1nc(-c2ccc(NC(=O)N=C3SCC(=O)N3c3ccccc3C(C)C)cc2)nn1-c1ccc(OC(F)(F)F)cc1. The number of amidine groups is 1. The third kappa shape index (κ3) is 7.26. The maximum absolute atomic E-state index is 12.9. The van der Waals surface area contributed by atoms with Gasteiger partial charge in [0, 0.05) is 18.3 Å². The van der Waals surface area contributed by atoms with Crippen LogP contribution in [0.2, 0.25) is 0 Å². The summed E-state index contributed by atoms with van der Waals surface area (Å²) < 4.78 is 43.1. The van der Waals surface area contributed by atoms with Crippen LogP contribution in [0.3, 0.4) is 0 Å². The van der Waals surface area contributed by atoms with Crippen LogP contribution < -0.4 is 20.0 Å². The minimum absolute atomic E-state index is 0.153. The van der Waals surface area contributed by atoms with Crippen LogP contribution in [0.1, 0.15) is 25.3 Å². The smallest absolute Gasteiger partial charge is 0.406 e. The second-order valence-electron chi connectivity index (χ2n) is 10.0. The Morgan fingerprint density at radius 1 is 1.07 bits per heavy atom. The van der Waals surface area contributed by atoms with Crippen LogP contribution >= 0.6 is 11.8 Å². The number of rotatable bonds is 8. The highest BCUT2D eigenvalue weighted by Gasteiger charge is 2.33. The lowest BCUT2D eigenvalue weighted by Crippen LogP contribution is -2.31. The number of para-hydroxylation sites is 1. The number of amides is 3. The monoisotopic (exact) mass is 639 g/mol. The standard InChI is InChI=1S/C30H28F3N7O4S/c1-18(2)23-7-5-6-8-24(23)39-25(41)17-45-29(39)36-27(42)34-20-11-9-19(10-12-20)26-35-28(38(3)43-4)40(37-26)21-13-15-22(16-14-21)44-30(31,32)33/h5-16,18H,17H2,1-4H3,(H,34,42). The van der Waals surface area contributed by atoms with E-state index in [2.05, 4.69) is 25.1 Å². The first-order valence-corrected chi connectivity index (χ1v) is 14.6. The van der Waals surface area contributed by atoms with Crippen LogP contribution in [0, 0.1) is 0 Å². The minimum atomic E-state index is -4.81. The number of ether oxygens (including phenoxy) is 1. The number of benzene rings is 3. The van der Waals surface area contributed by atoms with Gasteiger partial charge in [-0.15, -0.1) is 18.3 Å². The quantitative estimate of drug-likeness (QED) is 0.214. The molecule has 0 saturated carbocycles. The van der Waals surface area contributed by atoms with Gasteiger partial charge >= 0.3 is 12.4 Å². The molecule has 11 nitrogen and oxygen atoms in total. The molecule has 15 heteroatoms. The number of hydroxylamine groups is 1. The van der Waals surface area contributed by atoms with Gasteiger partial charge in [-0.2, -0.15) is 14.7 Å². The van der Waals surface area contributed by atoms with E-state index in [0.717, 1.165) is 5.56 Å². The van der Waals surface area contributed by atoms with E-state index in [9.17, 15) is 22.8 Å². The summed E-state index contributed by atoms with van der Waals surface area (Å²) in [6.45, 7) is 4.06. The Balaban J connectivity index is 1.34. The number of halogens is 3. The fourth-order valence-corrected chi connectivity index (χ4v) is 5.33. The molecule has 4 aromatic rings. The first-order chi connectivity index (χ1) is 21.4. The summed E-state index contributed by atoms with van der Waals surface area (Å²) in [5, 5.41) is 8.88. The van der Waals surface area contributed by atoms with Crippen molar-refractivity contribution >= 4 is 46.2 Å². The maximum atomic E-state index is 12.9. The number of aliphatic imine (C=N–C) groups is 1.